The highest BCUT2D eigenvalue weighted by Gasteiger charge is 2.22. The Bertz CT molecular complexity index is 642. The lowest BCUT2D eigenvalue weighted by molar-refractivity contribution is 0.283. The molecule has 3 heteroatoms. The Hall–Kier alpha value is -2.00. The summed E-state index contributed by atoms with van der Waals surface area (Å²) in [5.74, 6) is 2.17. The van der Waals surface area contributed by atoms with Gasteiger partial charge in [-0.05, 0) is 48.4 Å². The maximum absolute atomic E-state index is 6.28. The highest BCUT2D eigenvalue weighted by molar-refractivity contribution is 5.43. The zero-order valence-electron chi connectivity index (χ0n) is 14.4. The first-order valence-corrected chi connectivity index (χ1v) is 8.85. The molecule has 1 saturated carbocycles. The molecule has 3 nitrogen and oxygen atoms in total. The van der Waals surface area contributed by atoms with Crippen molar-refractivity contribution < 1.29 is 9.47 Å². The summed E-state index contributed by atoms with van der Waals surface area (Å²) in [5.41, 5.74) is 8.71. The van der Waals surface area contributed by atoms with Gasteiger partial charge in [0.05, 0.1) is 7.11 Å². The molecule has 24 heavy (non-hydrogen) atoms. The molecule has 2 N–H and O–H groups in total. The fourth-order valence-corrected chi connectivity index (χ4v) is 3.49. The average molecular weight is 325 g/mol. The molecule has 0 heterocycles. The van der Waals surface area contributed by atoms with Crippen LogP contribution in [0.2, 0.25) is 0 Å². The first-order valence-electron chi connectivity index (χ1n) is 8.85. The molecule has 0 aromatic heterocycles. The van der Waals surface area contributed by atoms with Gasteiger partial charge in [-0.1, -0.05) is 49.2 Å². The smallest absolute Gasteiger partial charge is 0.161 e. The molecule has 0 saturated heterocycles. The Morgan fingerprint density at radius 3 is 2.50 bits per heavy atom. The van der Waals surface area contributed by atoms with Crippen molar-refractivity contribution in [1.82, 2.24) is 0 Å². The van der Waals surface area contributed by atoms with Gasteiger partial charge < -0.3 is 15.2 Å². The molecule has 1 aliphatic carbocycles. The van der Waals surface area contributed by atoms with Gasteiger partial charge in [0.1, 0.15) is 6.61 Å². The first-order chi connectivity index (χ1) is 11.8. The third kappa shape index (κ3) is 4.30. The second-order valence-electron chi connectivity index (χ2n) is 6.67. The van der Waals surface area contributed by atoms with Crippen molar-refractivity contribution in [2.75, 3.05) is 7.11 Å². The number of hydrogen-bond donors (Lipinski definition) is 1. The number of methoxy groups -OCH3 is 1. The Morgan fingerprint density at radius 1 is 0.958 bits per heavy atom. The number of nitrogens with two attached hydrogens (primary N) is 1. The molecule has 1 aliphatic rings. The second-order valence-corrected chi connectivity index (χ2v) is 6.67. The molecule has 3 rings (SSSR count). The van der Waals surface area contributed by atoms with Crippen LogP contribution in [0.25, 0.3) is 0 Å². The van der Waals surface area contributed by atoms with Crippen LogP contribution in [-0.2, 0) is 13.0 Å². The third-order valence-corrected chi connectivity index (χ3v) is 4.93. The van der Waals surface area contributed by atoms with E-state index in [1.807, 2.05) is 24.3 Å². The third-order valence-electron chi connectivity index (χ3n) is 4.93. The van der Waals surface area contributed by atoms with Gasteiger partial charge in [0.2, 0.25) is 0 Å². The minimum Gasteiger partial charge on any atom is -0.493 e. The number of rotatable bonds is 6. The Labute approximate surface area is 144 Å². The molecule has 128 valence electrons. The van der Waals surface area contributed by atoms with E-state index in [1.54, 1.807) is 7.11 Å². The number of benzene rings is 2. The molecular weight excluding hydrogens is 298 g/mol. The second kappa shape index (κ2) is 8.20. The largest absolute Gasteiger partial charge is 0.493 e. The van der Waals surface area contributed by atoms with E-state index in [0.717, 1.165) is 29.9 Å². The summed E-state index contributed by atoms with van der Waals surface area (Å²) >= 11 is 0. The van der Waals surface area contributed by atoms with Gasteiger partial charge in [-0.15, -0.1) is 0 Å². The van der Waals surface area contributed by atoms with E-state index in [-0.39, 0.29) is 0 Å². The Kier molecular flexibility index (Phi) is 5.76. The van der Waals surface area contributed by atoms with Gasteiger partial charge in [-0.25, -0.2) is 0 Å². The topological polar surface area (TPSA) is 44.5 Å². The highest BCUT2D eigenvalue weighted by atomic mass is 16.5. The summed E-state index contributed by atoms with van der Waals surface area (Å²) in [6.45, 7) is 0.546. The van der Waals surface area contributed by atoms with E-state index < -0.39 is 0 Å². The lowest BCUT2D eigenvalue weighted by Gasteiger charge is -2.28. The van der Waals surface area contributed by atoms with Crippen molar-refractivity contribution >= 4 is 0 Å². The van der Waals surface area contributed by atoms with Crippen LogP contribution in [0.15, 0.2) is 48.5 Å². The summed E-state index contributed by atoms with van der Waals surface area (Å²) in [6.07, 6.45) is 5.98. The molecule has 2 atom stereocenters. The lowest BCUT2D eigenvalue weighted by atomic mass is 9.81. The Morgan fingerprint density at radius 2 is 1.75 bits per heavy atom. The lowest BCUT2D eigenvalue weighted by Crippen LogP contribution is -2.34. The normalized spacial score (nSPS) is 20.6. The van der Waals surface area contributed by atoms with E-state index >= 15 is 0 Å². The van der Waals surface area contributed by atoms with Crippen molar-refractivity contribution in [2.45, 2.75) is 44.8 Å². The number of ether oxygens (including phenoxy) is 2. The predicted octanol–water partition coefficient (Wildman–Crippen LogP) is 4.33. The van der Waals surface area contributed by atoms with Gasteiger partial charge >= 0.3 is 0 Å². The standard InChI is InChI=1S/C21H27NO2/c1-23-21-14-17(13-18-9-5-6-10-19(18)22)11-12-20(21)24-15-16-7-3-2-4-8-16/h2-4,7-8,11-12,14,18-19H,5-6,9-10,13,15,22H2,1H3. The highest BCUT2D eigenvalue weighted by Crippen LogP contribution is 2.32. The fourth-order valence-electron chi connectivity index (χ4n) is 3.49. The summed E-state index contributed by atoms with van der Waals surface area (Å²) < 4.78 is 11.5. The predicted molar refractivity (Wildman–Crippen MR) is 97.4 cm³/mol. The maximum atomic E-state index is 6.28. The van der Waals surface area contributed by atoms with Crippen LogP contribution in [-0.4, -0.2) is 13.2 Å². The first kappa shape index (κ1) is 16.8. The summed E-state index contributed by atoms with van der Waals surface area (Å²) in [5, 5.41) is 0. The minimum absolute atomic E-state index is 0.332. The van der Waals surface area contributed by atoms with Crippen molar-refractivity contribution in [2.24, 2.45) is 11.7 Å². The molecule has 0 amide bonds. The van der Waals surface area contributed by atoms with Crippen molar-refractivity contribution in [3.8, 4) is 11.5 Å². The molecule has 0 spiro atoms. The molecule has 1 fully saturated rings. The Balaban J connectivity index is 1.66. The van der Waals surface area contributed by atoms with E-state index in [2.05, 4.69) is 24.3 Å². The molecular formula is C21H27NO2. The summed E-state index contributed by atoms with van der Waals surface area (Å²) in [6, 6.07) is 16.8. The van der Waals surface area contributed by atoms with Gasteiger partial charge in [0, 0.05) is 6.04 Å². The van der Waals surface area contributed by atoms with Crippen LogP contribution in [0.3, 0.4) is 0 Å². The van der Waals surface area contributed by atoms with Crippen LogP contribution in [0.5, 0.6) is 11.5 Å². The van der Waals surface area contributed by atoms with Crippen molar-refractivity contribution in [1.29, 1.82) is 0 Å². The molecule has 2 aromatic carbocycles. The zero-order chi connectivity index (χ0) is 16.8. The van der Waals surface area contributed by atoms with E-state index in [4.69, 9.17) is 15.2 Å². The van der Waals surface area contributed by atoms with Crippen LogP contribution in [0.1, 0.15) is 36.8 Å². The van der Waals surface area contributed by atoms with E-state index in [9.17, 15) is 0 Å². The zero-order valence-corrected chi connectivity index (χ0v) is 14.4. The molecule has 2 aromatic rings. The van der Waals surface area contributed by atoms with Crippen LogP contribution in [0, 0.1) is 5.92 Å². The minimum atomic E-state index is 0.332. The van der Waals surface area contributed by atoms with Gasteiger partial charge in [0.25, 0.3) is 0 Å². The molecule has 0 aliphatic heterocycles. The number of hydrogen-bond acceptors (Lipinski definition) is 3. The van der Waals surface area contributed by atoms with Crippen molar-refractivity contribution in [3.63, 3.8) is 0 Å². The summed E-state index contributed by atoms with van der Waals surface area (Å²) in [7, 11) is 1.70. The van der Waals surface area contributed by atoms with Gasteiger partial charge in [0.15, 0.2) is 11.5 Å². The molecule has 0 bridgehead atoms. The van der Waals surface area contributed by atoms with Gasteiger partial charge in [-0.2, -0.15) is 0 Å². The van der Waals surface area contributed by atoms with Gasteiger partial charge in [-0.3, -0.25) is 0 Å². The maximum Gasteiger partial charge on any atom is 0.161 e. The van der Waals surface area contributed by atoms with E-state index in [1.165, 1.54) is 24.8 Å². The quantitative estimate of drug-likeness (QED) is 0.859. The molecule has 2 unspecified atom stereocenters. The van der Waals surface area contributed by atoms with Crippen LogP contribution >= 0.6 is 0 Å². The average Bonchev–Trinajstić information content (AvgIpc) is 2.63. The van der Waals surface area contributed by atoms with Crippen LogP contribution < -0.4 is 15.2 Å². The van der Waals surface area contributed by atoms with Crippen LogP contribution in [0.4, 0.5) is 0 Å². The SMILES string of the molecule is COc1cc(CC2CCCCC2N)ccc1OCc1ccccc1. The molecule has 0 radical (unpaired) electrons. The fraction of sp³-hybridized carbons (Fsp3) is 0.429. The van der Waals surface area contributed by atoms with E-state index in [0.29, 0.717) is 18.6 Å². The summed E-state index contributed by atoms with van der Waals surface area (Å²) in [4.78, 5) is 0. The monoisotopic (exact) mass is 325 g/mol. The van der Waals surface area contributed by atoms with Crippen molar-refractivity contribution in [3.05, 3.63) is 59.7 Å².